The third kappa shape index (κ3) is 3.09. The highest BCUT2D eigenvalue weighted by Gasteiger charge is 2.52. The predicted molar refractivity (Wildman–Crippen MR) is 81.6 cm³/mol. The average molecular weight is 292 g/mol. The van der Waals surface area contributed by atoms with Crippen LogP contribution < -0.4 is 5.32 Å². The van der Waals surface area contributed by atoms with Crippen molar-refractivity contribution in [2.45, 2.75) is 64.8 Å². The van der Waals surface area contributed by atoms with Crippen LogP contribution in [0, 0.1) is 17.3 Å². The molecule has 3 aliphatic rings. The van der Waals surface area contributed by atoms with E-state index in [1.807, 2.05) is 18.7 Å². The van der Waals surface area contributed by atoms with Gasteiger partial charge in [-0.2, -0.15) is 0 Å². The number of hydrogen-bond acceptors (Lipinski definition) is 2. The first kappa shape index (κ1) is 14.9. The molecule has 0 aromatic heterocycles. The molecule has 1 spiro atoms. The standard InChI is InChI=1S/C17H28N2O2/c1-12(2)18-16(21)14-10-19(15(20)9-13-5-6-13)11-17(14)7-3-4-8-17/h12-14H,3-11H2,1-2H3,(H,18,21). The van der Waals surface area contributed by atoms with E-state index in [2.05, 4.69) is 5.32 Å². The monoisotopic (exact) mass is 292 g/mol. The van der Waals surface area contributed by atoms with Crippen LogP contribution in [0.4, 0.5) is 0 Å². The Morgan fingerprint density at radius 3 is 2.48 bits per heavy atom. The van der Waals surface area contributed by atoms with Crippen LogP contribution in [0.1, 0.15) is 58.8 Å². The van der Waals surface area contributed by atoms with Crippen molar-refractivity contribution in [3.8, 4) is 0 Å². The van der Waals surface area contributed by atoms with Gasteiger partial charge in [0.15, 0.2) is 0 Å². The van der Waals surface area contributed by atoms with Gasteiger partial charge in [0.2, 0.25) is 11.8 Å². The number of rotatable bonds is 4. The van der Waals surface area contributed by atoms with E-state index in [1.165, 1.54) is 25.7 Å². The van der Waals surface area contributed by atoms with E-state index >= 15 is 0 Å². The molecule has 0 aromatic carbocycles. The van der Waals surface area contributed by atoms with Gasteiger partial charge < -0.3 is 10.2 Å². The number of amides is 2. The maximum absolute atomic E-state index is 12.6. The van der Waals surface area contributed by atoms with Gasteiger partial charge in [-0.3, -0.25) is 9.59 Å². The molecule has 2 aliphatic carbocycles. The summed E-state index contributed by atoms with van der Waals surface area (Å²) in [4.78, 5) is 27.0. The number of nitrogens with one attached hydrogen (secondary N) is 1. The zero-order chi connectivity index (χ0) is 15.0. The Labute approximate surface area is 127 Å². The lowest BCUT2D eigenvalue weighted by Gasteiger charge is -2.29. The minimum Gasteiger partial charge on any atom is -0.354 e. The molecule has 1 unspecified atom stereocenters. The Morgan fingerprint density at radius 1 is 1.24 bits per heavy atom. The zero-order valence-corrected chi connectivity index (χ0v) is 13.4. The molecule has 3 rings (SSSR count). The average Bonchev–Trinajstić information content (AvgIpc) is 2.99. The summed E-state index contributed by atoms with van der Waals surface area (Å²) in [6, 6.07) is 0.173. The lowest BCUT2D eigenvalue weighted by atomic mass is 9.76. The summed E-state index contributed by atoms with van der Waals surface area (Å²) in [7, 11) is 0. The van der Waals surface area contributed by atoms with E-state index in [4.69, 9.17) is 0 Å². The van der Waals surface area contributed by atoms with Crippen molar-refractivity contribution in [3.05, 3.63) is 0 Å². The molecule has 3 fully saturated rings. The van der Waals surface area contributed by atoms with Crippen molar-refractivity contribution >= 4 is 11.8 Å². The fourth-order valence-corrected chi connectivity index (χ4v) is 4.19. The van der Waals surface area contributed by atoms with Gasteiger partial charge in [-0.05, 0) is 45.4 Å². The van der Waals surface area contributed by atoms with Crippen LogP contribution in [0.3, 0.4) is 0 Å². The van der Waals surface area contributed by atoms with E-state index < -0.39 is 0 Å². The molecule has 1 N–H and O–H groups in total. The second-order valence-electron chi connectivity index (χ2n) is 7.71. The molecule has 0 bridgehead atoms. The van der Waals surface area contributed by atoms with Crippen molar-refractivity contribution in [3.63, 3.8) is 0 Å². The summed E-state index contributed by atoms with van der Waals surface area (Å²) in [5, 5.41) is 3.07. The number of carbonyl (C=O) groups excluding carboxylic acids is 2. The summed E-state index contributed by atoms with van der Waals surface area (Å²) in [5.41, 5.74) is 0.0676. The Bertz CT molecular complexity index is 423. The number of carbonyl (C=O) groups is 2. The lowest BCUT2D eigenvalue weighted by Crippen LogP contribution is -2.42. The number of hydrogen-bond donors (Lipinski definition) is 1. The van der Waals surface area contributed by atoms with Gasteiger partial charge in [0.25, 0.3) is 0 Å². The fraction of sp³-hybridized carbons (Fsp3) is 0.882. The summed E-state index contributed by atoms with van der Waals surface area (Å²) < 4.78 is 0. The summed E-state index contributed by atoms with van der Waals surface area (Å²) in [6.45, 7) is 5.47. The maximum Gasteiger partial charge on any atom is 0.225 e. The van der Waals surface area contributed by atoms with Gasteiger partial charge in [-0.1, -0.05) is 12.8 Å². The Kier molecular flexibility index (Phi) is 3.98. The normalized spacial score (nSPS) is 27.6. The van der Waals surface area contributed by atoms with Crippen LogP contribution in [0.2, 0.25) is 0 Å². The topological polar surface area (TPSA) is 49.4 Å². The number of likely N-dealkylation sites (tertiary alicyclic amines) is 1. The van der Waals surface area contributed by atoms with E-state index in [-0.39, 0.29) is 29.2 Å². The van der Waals surface area contributed by atoms with E-state index in [1.54, 1.807) is 0 Å². The molecule has 4 heteroatoms. The molecule has 1 atom stereocenters. The first-order valence-electron chi connectivity index (χ1n) is 8.58. The third-order valence-corrected chi connectivity index (χ3v) is 5.51. The van der Waals surface area contributed by atoms with Crippen LogP contribution >= 0.6 is 0 Å². The predicted octanol–water partition coefficient (Wildman–Crippen LogP) is 2.33. The van der Waals surface area contributed by atoms with Crippen molar-refractivity contribution in [1.29, 1.82) is 0 Å². The van der Waals surface area contributed by atoms with Crippen LogP contribution in [0.15, 0.2) is 0 Å². The SMILES string of the molecule is CC(C)NC(=O)C1CN(C(=O)CC2CC2)CC12CCCC2. The highest BCUT2D eigenvalue weighted by Crippen LogP contribution is 2.49. The van der Waals surface area contributed by atoms with Crippen LogP contribution in [-0.2, 0) is 9.59 Å². The van der Waals surface area contributed by atoms with Gasteiger partial charge in [0.05, 0.1) is 5.92 Å². The van der Waals surface area contributed by atoms with Crippen molar-refractivity contribution in [2.75, 3.05) is 13.1 Å². The Morgan fingerprint density at radius 2 is 1.90 bits per heavy atom. The molecule has 1 saturated heterocycles. The molecule has 1 aliphatic heterocycles. The maximum atomic E-state index is 12.6. The largest absolute Gasteiger partial charge is 0.354 e. The van der Waals surface area contributed by atoms with Crippen LogP contribution in [0.25, 0.3) is 0 Å². The molecule has 4 nitrogen and oxygen atoms in total. The minimum atomic E-state index is 0.00514. The van der Waals surface area contributed by atoms with Crippen molar-refractivity contribution < 1.29 is 9.59 Å². The third-order valence-electron chi connectivity index (χ3n) is 5.51. The smallest absolute Gasteiger partial charge is 0.225 e. The Balaban J connectivity index is 1.70. The number of nitrogens with zero attached hydrogens (tertiary/aromatic N) is 1. The van der Waals surface area contributed by atoms with E-state index in [9.17, 15) is 9.59 Å². The van der Waals surface area contributed by atoms with Crippen LogP contribution in [-0.4, -0.2) is 35.8 Å². The van der Waals surface area contributed by atoms with Crippen molar-refractivity contribution in [2.24, 2.45) is 17.3 Å². The van der Waals surface area contributed by atoms with Gasteiger partial charge in [0.1, 0.15) is 0 Å². The van der Waals surface area contributed by atoms with E-state index in [0.717, 1.165) is 19.4 Å². The second kappa shape index (κ2) is 5.62. The van der Waals surface area contributed by atoms with Gasteiger partial charge in [-0.25, -0.2) is 0 Å². The van der Waals surface area contributed by atoms with E-state index in [0.29, 0.717) is 18.9 Å². The summed E-state index contributed by atoms with van der Waals surface area (Å²) >= 11 is 0. The molecule has 118 valence electrons. The minimum absolute atomic E-state index is 0.00514. The summed E-state index contributed by atoms with van der Waals surface area (Å²) in [5.74, 6) is 1.07. The first-order chi connectivity index (χ1) is 10.00. The molecule has 1 heterocycles. The molecular weight excluding hydrogens is 264 g/mol. The van der Waals surface area contributed by atoms with Gasteiger partial charge in [0, 0.05) is 31.0 Å². The molecule has 2 amide bonds. The van der Waals surface area contributed by atoms with Crippen LogP contribution in [0.5, 0.6) is 0 Å². The Hall–Kier alpha value is -1.06. The summed E-state index contributed by atoms with van der Waals surface area (Å²) in [6.07, 6.45) is 7.75. The molecular formula is C17H28N2O2. The molecule has 0 aromatic rings. The second-order valence-corrected chi connectivity index (χ2v) is 7.71. The molecule has 2 saturated carbocycles. The zero-order valence-electron chi connectivity index (χ0n) is 13.4. The molecule has 0 radical (unpaired) electrons. The van der Waals surface area contributed by atoms with Gasteiger partial charge in [-0.15, -0.1) is 0 Å². The van der Waals surface area contributed by atoms with Crippen molar-refractivity contribution in [1.82, 2.24) is 10.2 Å². The highest BCUT2D eigenvalue weighted by molar-refractivity contribution is 5.83. The fourth-order valence-electron chi connectivity index (χ4n) is 4.19. The first-order valence-corrected chi connectivity index (χ1v) is 8.58. The van der Waals surface area contributed by atoms with Gasteiger partial charge >= 0.3 is 0 Å². The highest BCUT2D eigenvalue weighted by atomic mass is 16.2. The lowest BCUT2D eigenvalue weighted by molar-refractivity contribution is -0.131. The quantitative estimate of drug-likeness (QED) is 0.864. The molecule has 21 heavy (non-hydrogen) atoms.